The minimum atomic E-state index is -0.863. The molecule has 34 heavy (non-hydrogen) atoms. The molecule has 4 rings (SSSR count). The predicted molar refractivity (Wildman–Crippen MR) is 137 cm³/mol. The summed E-state index contributed by atoms with van der Waals surface area (Å²) in [5.41, 5.74) is 2.05. The van der Waals surface area contributed by atoms with Gasteiger partial charge in [0.25, 0.3) is 0 Å². The van der Waals surface area contributed by atoms with Crippen LogP contribution in [0.15, 0.2) is 76.2 Å². The number of rotatable bonds is 11. The quantitative estimate of drug-likeness (QED) is 0.231. The minimum absolute atomic E-state index is 0.0256. The maximum absolute atomic E-state index is 10.9. The molecule has 0 amide bonds. The van der Waals surface area contributed by atoms with E-state index < -0.39 is 5.97 Å². The summed E-state index contributed by atoms with van der Waals surface area (Å²) in [6.45, 7) is 2.78. The standard InChI is InChI=1S/C27H28ClNO4S/c1-2-13-27(26-20-8-3-4-9-22(20)33-29-26)14-6-5-10-24(27)32-15-7-16-34-23-12-11-19(17-21(23)28)18-25(30)31/h3-6,8-12,14,17,24H,2,7,13,15-16,18H2,1H3,(H,30,31). The Hall–Kier alpha value is -2.54. The Kier molecular flexibility index (Phi) is 8.14. The fourth-order valence-electron chi connectivity index (χ4n) is 4.45. The Morgan fingerprint density at radius 1 is 1.26 bits per heavy atom. The summed E-state index contributed by atoms with van der Waals surface area (Å²) in [7, 11) is 0. The lowest BCUT2D eigenvalue weighted by Crippen LogP contribution is -2.40. The molecule has 1 aliphatic rings. The van der Waals surface area contributed by atoms with Crippen molar-refractivity contribution < 1.29 is 19.2 Å². The molecule has 0 bridgehead atoms. The van der Waals surface area contributed by atoms with E-state index in [9.17, 15) is 4.79 Å². The molecule has 2 atom stereocenters. The van der Waals surface area contributed by atoms with Gasteiger partial charge >= 0.3 is 5.97 Å². The monoisotopic (exact) mass is 497 g/mol. The van der Waals surface area contributed by atoms with Crippen molar-refractivity contribution in [2.24, 2.45) is 0 Å². The van der Waals surface area contributed by atoms with E-state index in [1.54, 1.807) is 17.8 Å². The number of hydrogen-bond donors (Lipinski definition) is 1. The number of nitrogens with zero attached hydrogens (tertiary/aromatic N) is 1. The lowest BCUT2D eigenvalue weighted by atomic mass is 9.72. The van der Waals surface area contributed by atoms with Crippen molar-refractivity contribution >= 4 is 40.3 Å². The first-order valence-corrected chi connectivity index (χ1v) is 12.9. The Morgan fingerprint density at radius 2 is 2.12 bits per heavy atom. The van der Waals surface area contributed by atoms with Gasteiger partial charge in [-0.1, -0.05) is 72.6 Å². The SMILES string of the molecule is CCCC1(c2noc3ccccc23)C=CC=CC1OCCCSc1ccc(CC(=O)O)cc1Cl. The van der Waals surface area contributed by atoms with E-state index >= 15 is 0 Å². The van der Waals surface area contributed by atoms with Gasteiger partial charge in [0, 0.05) is 22.6 Å². The first-order valence-electron chi connectivity index (χ1n) is 11.5. The molecule has 2 unspecified atom stereocenters. The smallest absolute Gasteiger partial charge is 0.307 e. The number of hydrogen-bond acceptors (Lipinski definition) is 5. The second-order valence-electron chi connectivity index (χ2n) is 8.39. The van der Waals surface area contributed by atoms with Crippen molar-refractivity contribution in [3.05, 3.63) is 83.0 Å². The Labute approximate surface area is 208 Å². The third-order valence-electron chi connectivity index (χ3n) is 5.98. The molecule has 1 heterocycles. The van der Waals surface area contributed by atoms with Crippen LogP contribution >= 0.6 is 23.4 Å². The van der Waals surface area contributed by atoms with Crippen molar-refractivity contribution in [1.29, 1.82) is 0 Å². The molecule has 0 aliphatic heterocycles. The lowest BCUT2D eigenvalue weighted by Gasteiger charge is -2.37. The minimum Gasteiger partial charge on any atom is -0.481 e. The summed E-state index contributed by atoms with van der Waals surface area (Å²) >= 11 is 8.00. The van der Waals surface area contributed by atoms with Gasteiger partial charge in [0.15, 0.2) is 5.58 Å². The highest BCUT2D eigenvalue weighted by Gasteiger charge is 2.42. The predicted octanol–water partition coefficient (Wildman–Crippen LogP) is 6.84. The zero-order valence-corrected chi connectivity index (χ0v) is 20.6. The van der Waals surface area contributed by atoms with Gasteiger partial charge in [0.05, 0.1) is 23.0 Å². The second kappa shape index (κ2) is 11.3. The van der Waals surface area contributed by atoms with Gasteiger partial charge < -0.3 is 14.4 Å². The zero-order valence-electron chi connectivity index (χ0n) is 19.1. The summed E-state index contributed by atoms with van der Waals surface area (Å²) in [4.78, 5) is 11.8. The lowest BCUT2D eigenvalue weighted by molar-refractivity contribution is -0.136. The van der Waals surface area contributed by atoms with E-state index in [1.807, 2.05) is 36.4 Å². The number of aromatic nitrogens is 1. The highest BCUT2D eigenvalue weighted by atomic mass is 35.5. The molecule has 0 saturated carbocycles. The fourth-order valence-corrected chi connectivity index (χ4v) is 5.66. The third kappa shape index (κ3) is 5.40. The van der Waals surface area contributed by atoms with Crippen LogP contribution in [0.4, 0.5) is 0 Å². The molecule has 0 radical (unpaired) electrons. The number of halogens is 1. The summed E-state index contributed by atoms with van der Waals surface area (Å²) in [6.07, 6.45) is 11.0. The van der Waals surface area contributed by atoms with E-state index in [-0.39, 0.29) is 17.9 Å². The number of carboxylic acid groups (broad SMARTS) is 1. The maximum Gasteiger partial charge on any atom is 0.307 e. The average Bonchev–Trinajstić information content (AvgIpc) is 3.26. The normalized spacial score (nSPS) is 19.6. The van der Waals surface area contributed by atoms with Gasteiger partial charge in [-0.3, -0.25) is 4.79 Å². The van der Waals surface area contributed by atoms with Crippen LogP contribution in [0, 0.1) is 0 Å². The van der Waals surface area contributed by atoms with Crippen molar-refractivity contribution in [2.75, 3.05) is 12.4 Å². The number of carbonyl (C=O) groups is 1. The Balaban J connectivity index is 1.39. The van der Waals surface area contributed by atoms with Crippen LogP contribution < -0.4 is 0 Å². The summed E-state index contributed by atoms with van der Waals surface area (Å²) < 4.78 is 12.1. The molecule has 0 fully saturated rings. The molecule has 3 aromatic rings. The Bertz CT molecular complexity index is 1200. The third-order valence-corrected chi connectivity index (χ3v) is 7.56. The van der Waals surface area contributed by atoms with E-state index in [0.717, 1.165) is 46.6 Å². The zero-order chi connectivity index (χ0) is 24.0. The van der Waals surface area contributed by atoms with Crippen LogP contribution in [-0.4, -0.2) is 34.7 Å². The van der Waals surface area contributed by atoms with Gasteiger partial charge in [-0.2, -0.15) is 0 Å². The molecule has 1 aromatic heterocycles. The summed E-state index contributed by atoms with van der Waals surface area (Å²) in [5, 5.41) is 15.0. The molecule has 0 saturated heterocycles. The van der Waals surface area contributed by atoms with Crippen LogP contribution in [0.25, 0.3) is 11.0 Å². The van der Waals surface area contributed by atoms with Gasteiger partial charge in [0.1, 0.15) is 5.69 Å². The van der Waals surface area contributed by atoms with Gasteiger partial charge in [0.2, 0.25) is 0 Å². The van der Waals surface area contributed by atoms with E-state index in [0.29, 0.717) is 17.2 Å². The largest absolute Gasteiger partial charge is 0.481 e. The van der Waals surface area contributed by atoms with Gasteiger partial charge in [-0.05, 0) is 42.7 Å². The molecule has 7 heteroatoms. The second-order valence-corrected chi connectivity index (χ2v) is 9.93. The van der Waals surface area contributed by atoms with Crippen LogP contribution in [0.2, 0.25) is 5.02 Å². The number of allylic oxidation sites excluding steroid dienone is 2. The highest BCUT2D eigenvalue weighted by Crippen LogP contribution is 2.41. The molecule has 2 aromatic carbocycles. The van der Waals surface area contributed by atoms with E-state index in [1.165, 1.54) is 0 Å². The average molecular weight is 498 g/mol. The fraction of sp³-hybridized carbons (Fsp3) is 0.333. The van der Waals surface area contributed by atoms with Crippen molar-refractivity contribution in [3.63, 3.8) is 0 Å². The van der Waals surface area contributed by atoms with Crippen molar-refractivity contribution in [1.82, 2.24) is 5.16 Å². The number of ether oxygens (including phenoxy) is 1. The number of aliphatic carboxylic acids is 1. The molecular weight excluding hydrogens is 470 g/mol. The molecule has 1 N–H and O–H groups in total. The highest BCUT2D eigenvalue weighted by molar-refractivity contribution is 7.99. The van der Waals surface area contributed by atoms with Crippen molar-refractivity contribution in [2.45, 2.75) is 49.0 Å². The number of carboxylic acids is 1. The first kappa shape index (κ1) is 24.6. The summed E-state index contributed by atoms with van der Waals surface area (Å²) in [5.74, 6) is -0.0178. The van der Waals surface area contributed by atoms with E-state index in [2.05, 4.69) is 36.4 Å². The molecule has 5 nitrogen and oxygen atoms in total. The van der Waals surface area contributed by atoms with Crippen LogP contribution in [0.1, 0.15) is 37.4 Å². The van der Waals surface area contributed by atoms with Crippen LogP contribution in [0.3, 0.4) is 0 Å². The molecule has 0 spiro atoms. The molecule has 1 aliphatic carbocycles. The van der Waals surface area contributed by atoms with Crippen LogP contribution in [0.5, 0.6) is 0 Å². The summed E-state index contributed by atoms with van der Waals surface area (Å²) in [6, 6.07) is 13.4. The molecular formula is C27H28ClNO4S. The number of fused-ring (bicyclic) bond motifs is 1. The number of thioether (sulfide) groups is 1. The first-order chi connectivity index (χ1) is 16.5. The van der Waals surface area contributed by atoms with Gasteiger partial charge in [-0.15, -0.1) is 11.8 Å². The van der Waals surface area contributed by atoms with E-state index in [4.69, 9.17) is 26.0 Å². The number of benzene rings is 2. The maximum atomic E-state index is 10.9. The van der Waals surface area contributed by atoms with Gasteiger partial charge in [-0.25, -0.2) is 0 Å². The Morgan fingerprint density at radius 3 is 2.91 bits per heavy atom. The number of para-hydroxylation sites is 1. The molecule has 178 valence electrons. The van der Waals surface area contributed by atoms with Crippen molar-refractivity contribution in [3.8, 4) is 0 Å². The topological polar surface area (TPSA) is 72.6 Å². The van der Waals surface area contributed by atoms with Crippen LogP contribution in [-0.2, 0) is 21.4 Å².